The fraction of sp³-hybridized carbons (Fsp3) is 0.435. The van der Waals surface area contributed by atoms with Crippen LogP contribution in [0.2, 0.25) is 0 Å². The fourth-order valence-electron chi connectivity index (χ4n) is 4.87. The van der Waals surface area contributed by atoms with Crippen molar-refractivity contribution in [1.82, 2.24) is 24.7 Å². The van der Waals surface area contributed by atoms with Crippen LogP contribution in [0.25, 0.3) is 11.5 Å². The number of anilines is 2. The van der Waals surface area contributed by atoms with Gasteiger partial charge in [-0.05, 0) is 51.8 Å². The molecule has 3 aromatic rings. The van der Waals surface area contributed by atoms with Crippen LogP contribution in [0.3, 0.4) is 0 Å². The summed E-state index contributed by atoms with van der Waals surface area (Å²) in [5, 5.41) is 8.19. The van der Waals surface area contributed by atoms with Crippen LogP contribution in [0.15, 0.2) is 30.6 Å². The van der Waals surface area contributed by atoms with Crippen molar-refractivity contribution in [1.29, 1.82) is 0 Å². The van der Waals surface area contributed by atoms with E-state index in [2.05, 4.69) is 28.9 Å². The molecule has 0 radical (unpaired) electrons. The SMILES string of the molecule is CCn1cnnc1-c1cccc(N2Cc3c(cc(N4[C@H](C)CC[C@H]4C)nc3CN)C2=O)n1. The molecule has 2 aliphatic heterocycles. The van der Waals surface area contributed by atoms with Gasteiger partial charge in [-0.15, -0.1) is 10.2 Å². The van der Waals surface area contributed by atoms with E-state index < -0.39 is 0 Å². The van der Waals surface area contributed by atoms with Crippen molar-refractivity contribution in [3.05, 3.63) is 47.4 Å². The number of carbonyl (C=O) groups is 1. The Labute approximate surface area is 187 Å². The van der Waals surface area contributed by atoms with E-state index in [0.29, 0.717) is 48.1 Å². The van der Waals surface area contributed by atoms with Crippen molar-refractivity contribution >= 4 is 17.5 Å². The van der Waals surface area contributed by atoms with Gasteiger partial charge >= 0.3 is 0 Å². The number of nitrogens with two attached hydrogens (primary N) is 1. The van der Waals surface area contributed by atoms with Crippen molar-refractivity contribution in [3.8, 4) is 11.5 Å². The Bertz CT molecular complexity index is 1160. The fourth-order valence-corrected chi connectivity index (χ4v) is 4.87. The maximum atomic E-state index is 13.5. The van der Waals surface area contributed by atoms with Gasteiger partial charge in [0.1, 0.15) is 23.7 Å². The quantitative estimate of drug-likeness (QED) is 0.661. The molecule has 2 aliphatic rings. The zero-order valence-corrected chi connectivity index (χ0v) is 18.7. The number of aryl methyl sites for hydroxylation is 1. The minimum atomic E-state index is -0.0699. The van der Waals surface area contributed by atoms with Gasteiger partial charge < -0.3 is 15.2 Å². The summed E-state index contributed by atoms with van der Waals surface area (Å²) in [6.45, 7) is 7.89. The zero-order chi connectivity index (χ0) is 22.4. The van der Waals surface area contributed by atoms with Crippen LogP contribution in [0.1, 0.15) is 55.2 Å². The molecule has 2 N–H and O–H groups in total. The number of fused-ring (bicyclic) bond motifs is 1. The number of hydrogen-bond donors (Lipinski definition) is 1. The molecular weight excluding hydrogens is 404 g/mol. The van der Waals surface area contributed by atoms with Crippen molar-refractivity contribution in [2.24, 2.45) is 5.73 Å². The molecule has 0 spiro atoms. The second kappa shape index (κ2) is 7.98. The molecule has 5 rings (SSSR count). The lowest BCUT2D eigenvalue weighted by atomic mass is 10.1. The monoisotopic (exact) mass is 432 g/mol. The molecule has 9 heteroatoms. The Morgan fingerprint density at radius 1 is 1.12 bits per heavy atom. The normalized spacial score (nSPS) is 20.3. The number of nitrogens with zero attached hydrogens (tertiary/aromatic N) is 7. The topological polar surface area (TPSA) is 106 Å². The smallest absolute Gasteiger partial charge is 0.260 e. The molecular formula is C23H28N8O. The number of carbonyl (C=O) groups excluding carboxylic acids is 1. The van der Waals surface area contributed by atoms with E-state index in [-0.39, 0.29) is 5.91 Å². The maximum absolute atomic E-state index is 13.5. The van der Waals surface area contributed by atoms with E-state index in [1.54, 1.807) is 11.2 Å². The standard InChI is InChI=1S/C23H28N8O/c1-4-29-13-25-28-22(29)18-6-5-7-20(26-18)30-12-17-16(23(30)32)10-21(27-19(17)11-24)31-14(2)8-9-15(31)3/h5-7,10,13-15H,4,8-9,11-12,24H2,1-3H3/t14-,15-/m1/s1. The molecule has 1 fully saturated rings. The van der Waals surface area contributed by atoms with E-state index >= 15 is 0 Å². The summed E-state index contributed by atoms with van der Waals surface area (Å²) < 4.78 is 1.92. The van der Waals surface area contributed by atoms with Gasteiger partial charge in [0.05, 0.1) is 17.8 Å². The van der Waals surface area contributed by atoms with E-state index in [1.807, 2.05) is 35.8 Å². The third kappa shape index (κ3) is 3.24. The number of pyridine rings is 2. The molecule has 32 heavy (non-hydrogen) atoms. The number of aromatic nitrogens is 5. The molecule has 5 heterocycles. The lowest BCUT2D eigenvalue weighted by molar-refractivity contribution is 0.0996. The van der Waals surface area contributed by atoms with E-state index in [4.69, 9.17) is 15.7 Å². The Morgan fingerprint density at radius 2 is 1.91 bits per heavy atom. The van der Waals surface area contributed by atoms with Gasteiger partial charge in [0, 0.05) is 30.7 Å². The van der Waals surface area contributed by atoms with Crippen LogP contribution in [-0.2, 0) is 19.6 Å². The first kappa shape index (κ1) is 20.6. The summed E-state index contributed by atoms with van der Waals surface area (Å²) in [4.78, 5) is 27.1. The Morgan fingerprint density at radius 3 is 2.62 bits per heavy atom. The van der Waals surface area contributed by atoms with Gasteiger partial charge in [-0.3, -0.25) is 9.69 Å². The molecule has 1 saturated heterocycles. The second-order valence-corrected chi connectivity index (χ2v) is 8.55. The summed E-state index contributed by atoms with van der Waals surface area (Å²) in [6.07, 6.45) is 3.93. The molecule has 0 aromatic carbocycles. The van der Waals surface area contributed by atoms with Crippen molar-refractivity contribution in [2.75, 3.05) is 9.80 Å². The molecule has 9 nitrogen and oxygen atoms in total. The highest BCUT2D eigenvalue weighted by Gasteiger charge is 2.35. The van der Waals surface area contributed by atoms with E-state index in [1.165, 1.54) is 0 Å². The van der Waals surface area contributed by atoms with Gasteiger partial charge in [0.2, 0.25) is 0 Å². The Hall–Kier alpha value is -3.33. The van der Waals surface area contributed by atoms with Crippen LogP contribution in [-0.4, -0.2) is 42.7 Å². The highest BCUT2D eigenvalue weighted by Crippen LogP contribution is 2.35. The van der Waals surface area contributed by atoms with Gasteiger partial charge in [-0.1, -0.05) is 6.07 Å². The lowest BCUT2D eigenvalue weighted by Gasteiger charge is -2.28. The van der Waals surface area contributed by atoms with Crippen molar-refractivity contribution in [3.63, 3.8) is 0 Å². The van der Waals surface area contributed by atoms with Crippen LogP contribution >= 0.6 is 0 Å². The number of amides is 1. The van der Waals surface area contributed by atoms with Gasteiger partial charge in [-0.2, -0.15) is 0 Å². The first-order chi connectivity index (χ1) is 15.5. The highest BCUT2D eigenvalue weighted by molar-refractivity contribution is 6.10. The number of hydrogen-bond acceptors (Lipinski definition) is 7. The maximum Gasteiger partial charge on any atom is 0.260 e. The van der Waals surface area contributed by atoms with Crippen LogP contribution in [0, 0.1) is 0 Å². The minimum absolute atomic E-state index is 0.0699. The largest absolute Gasteiger partial charge is 0.351 e. The van der Waals surface area contributed by atoms with E-state index in [9.17, 15) is 4.79 Å². The third-order valence-electron chi connectivity index (χ3n) is 6.59. The summed E-state index contributed by atoms with van der Waals surface area (Å²) in [6, 6.07) is 8.34. The molecule has 0 aliphatic carbocycles. The Kier molecular flexibility index (Phi) is 5.13. The molecule has 1 amide bonds. The van der Waals surface area contributed by atoms with E-state index in [0.717, 1.165) is 36.5 Å². The lowest BCUT2D eigenvalue weighted by Crippen LogP contribution is -2.33. The number of rotatable bonds is 5. The van der Waals surface area contributed by atoms with Crippen LogP contribution in [0.4, 0.5) is 11.6 Å². The summed E-state index contributed by atoms with van der Waals surface area (Å²) in [5.74, 6) is 2.04. The minimum Gasteiger partial charge on any atom is -0.351 e. The van der Waals surface area contributed by atoms with Gasteiger partial charge in [0.15, 0.2) is 5.82 Å². The molecule has 166 valence electrons. The molecule has 0 saturated carbocycles. The predicted octanol–water partition coefficient (Wildman–Crippen LogP) is 2.75. The van der Waals surface area contributed by atoms with Crippen molar-refractivity contribution < 1.29 is 4.79 Å². The third-order valence-corrected chi connectivity index (χ3v) is 6.59. The second-order valence-electron chi connectivity index (χ2n) is 8.55. The molecule has 0 bridgehead atoms. The average Bonchev–Trinajstić information content (AvgIpc) is 3.51. The molecule has 2 atom stereocenters. The Balaban J connectivity index is 1.52. The first-order valence-electron chi connectivity index (χ1n) is 11.2. The summed E-state index contributed by atoms with van der Waals surface area (Å²) in [5.41, 5.74) is 9.09. The molecule has 3 aromatic heterocycles. The van der Waals surface area contributed by atoms with Crippen LogP contribution in [0.5, 0.6) is 0 Å². The summed E-state index contributed by atoms with van der Waals surface area (Å²) >= 11 is 0. The highest BCUT2D eigenvalue weighted by atomic mass is 16.2. The summed E-state index contributed by atoms with van der Waals surface area (Å²) in [7, 11) is 0. The zero-order valence-electron chi connectivity index (χ0n) is 18.7. The van der Waals surface area contributed by atoms with Crippen molar-refractivity contribution in [2.45, 2.75) is 65.3 Å². The average molecular weight is 433 g/mol. The molecule has 0 unspecified atom stereocenters. The van der Waals surface area contributed by atoms with Gasteiger partial charge in [-0.25, -0.2) is 9.97 Å². The first-order valence-corrected chi connectivity index (χ1v) is 11.2. The van der Waals surface area contributed by atoms with Crippen LogP contribution < -0.4 is 15.5 Å². The van der Waals surface area contributed by atoms with Gasteiger partial charge in [0.25, 0.3) is 5.91 Å². The predicted molar refractivity (Wildman–Crippen MR) is 122 cm³/mol.